The van der Waals surface area contributed by atoms with E-state index in [1.54, 1.807) is 0 Å². The zero-order valence-corrected chi connectivity index (χ0v) is 18.3. The maximum atomic E-state index is 4.51. The summed E-state index contributed by atoms with van der Waals surface area (Å²) in [4.78, 5) is 6.91. The summed E-state index contributed by atoms with van der Waals surface area (Å²) in [5, 5.41) is 7.88. The Morgan fingerprint density at radius 1 is 1.15 bits per heavy atom. The van der Waals surface area contributed by atoms with Gasteiger partial charge < -0.3 is 10.2 Å². The van der Waals surface area contributed by atoms with Gasteiger partial charge >= 0.3 is 0 Å². The summed E-state index contributed by atoms with van der Waals surface area (Å²) < 4.78 is 1.96. The van der Waals surface area contributed by atoms with Crippen LogP contribution in [-0.4, -0.2) is 40.8 Å². The van der Waals surface area contributed by atoms with E-state index in [1.165, 1.54) is 17.5 Å². The fraction of sp³-hybridized carbons (Fsp3) is 0.500. The molecule has 0 saturated carbocycles. The van der Waals surface area contributed by atoms with Crippen molar-refractivity contribution in [1.82, 2.24) is 20.0 Å². The van der Waals surface area contributed by atoms with Crippen LogP contribution in [0.2, 0.25) is 0 Å². The molecule has 0 radical (unpaired) electrons. The largest absolute Gasteiger partial charge is 0.352 e. The molecule has 1 aliphatic rings. The fourth-order valence-electron chi connectivity index (χ4n) is 3.80. The summed E-state index contributed by atoms with van der Waals surface area (Å²) in [5.74, 6) is 2.44. The van der Waals surface area contributed by atoms with Crippen molar-refractivity contribution in [2.45, 2.75) is 33.4 Å². The predicted octanol–water partition coefficient (Wildman–Crippen LogP) is 3.60. The van der Waals surface area contributed by atoms with E-state index in [9.17, 15) is 0 Å². The lowest BCUT2D eigenvalue weighted by molar-refractivity contribution is 0.208. The first-order valence-electron chi connectivity index (χ1n) is 9.15. The molecule has 6 heteroatoms. The van der Waals surface area contributed by atoms with Gasteiger partial charge in [-0.2, -0.15) is 5.10 Å². The molecular formula is C20H30IN5. The molecule has 2 atom stereocenters. The van der Waals surface area contributed by atoms with E-state index in [4.69, 9.17) is 0 Å². The molecule has 1 N–H and O–H groups in total. The third-order valence-electron chi connectivity index (χ3n) is 4.83. The number of nitrogens with one attached hydrogen (secondary N) is 1. The Morgan fingerprint density at radius 3 is 2.46 bits per heavy atom. The van der Waals surface area contributed by atoms with Crippen molar-refractivity contribution in [2.75, 3.05) is 20.1 Å². The van der Waals surface area contributed by atoms with Crippen LogP contribution >= 0.6 is 24.0 Å². The van der Waals surface area contributed by atoms with Crippen molar-refractivity contribution >= 4 is 29.9 Å². The number of hydrogen-bond donors (Lipinski definition) is 1. The number of halogens is 1. The van der Waals surface area contributed by atoms with Gasteiger partial charge in [-0.05, 0) is 35.4 Å². The number of piperidine rings is 1. The number of hydrogen-bond acceptors (Lipinski definition) is 2. The number of aliphatic imine (C=N–C) groups is 1. The molecule has 1 aromatic heterocycles. The van der Waals surface area contributed by atoms with Gasteiger partial charge in [0, 0.05) is 39.1 Å². The summed E-state index contributed by atoms with van der Waals surface area (Å²) in [5.41, 5.74) is 2.58. The van der Waals surface area contributed by atoms with Crippen molar-refractivity contribution < 1.29 is 0 Å². The van der Waals surface area contributed by atoms with E-state index in [-0.39, 0.29) is 24.0 Å². The van der Waals surface area contributed by atoms with Gasteiger partial charge in [0.15, 0.2) is 5.96 Å². The third-order valence-corrected chi connectivity index (χ3v) is 4.83. The molecule has 142 valence electrons. The lowest BCUT2D eigenvalue weighted by Crippen LogP contribution is -2.48. The maximum absolute atomic E-state index is 4.51. The quantitative estimate of drug-likeness (QED) is 0.425. The van der Waals surface area contributed by atoms with Gasteiger partial charge in [-0.3, -0.25) is 9.67 Å². The Kier molecular flexibility index (Phi) is 7.93. The molecule has 2 aromatic rings. The molecule has 1 aromatic carbocycles. The SMILES string of the molecule is CN=C(NCc1ccccc1Cn1cccn1)N1CC(C)CC(C)C1.I. The molecule has 3 rings (SSSR count). The van der Waals surface area contributed by atoms with Crippen molar-refractivity contribution in [1.29, 1.82) is 0 Å². The minimum atomic E-state index is 0. The average Bonchev–Trinajstić information content (AvgIpc) is 3.09. The van der Waals surface area contributed by atoms with E-state index in [0.717, 1.165) is 44.0 Å². The second-order valence-corrected chi connectivity index (χ2v) is 7.22. The van der Waals surface area contributed by atoms with Crippen LogP contribution in [0.1, 0.15) is 31.4 Å². The van der Waals surface area contributed by atoms with Crippen molar-refractivity contribution in [3.63, 3.8) is 0 Å². The van der Waals surface area contributed by atoms with Crippen LogP contribution in [0.15, 0.2) is 47.7 Å². The molecule has 1 saturated heterocycles. The van der Waals surface area contributed by atoms with Crippen molar-refractivity contribution in [2.24, 2.45) is 16.8 Å². The molecule has 2 heterocycles. The fourth-order valence-corrected chi connectivity index (χ4v) is 3.80. The van der Waals surface area contributed by atoms with Gasteiger partial charge in [0.25, 0.3) is 0 Å². The van der Waals surface area contributed by atoms with Gasteiger partial charge in [0.05, 0.1) is 6.54 Å². The standard InChI is InChI=1S/C20H29N5.HI/c1-16-11-17(2)14-24(13-16)20(21-3)22-12-18-7-4-5-8-19(18)15-25-10-6-9-23-25;/h4-10,16-17H,11-15H2,1-3H3,(H,21,22);1H. The molecule has 1 fully saturated rings. The second kappa shape index (κ2) is 9.94. The number of guanidine groups is 1. The summed E-state index contributed by atoms with van der Waals surface area (Å²) in [6, 6.07) is 10.5. The zero-order chi connectivity index (χ0) is 17.6. The molecule has 0 amide bonds. The predicted molar refractivity (Wildman–Crippen MR) is 118 cm³/mol. The Bertz CT molecular complexity index is 688. The number of aromatic nitrogens is 2. The summed E-state index contributed by atoms with van der Waals surface area (Å²) in [6.07, 6.45) is 5.13. The lowest BCUT2D eigenvalue weighted by Gasteiger charge is -2.37. The molecule has 0 bridgehead atoms. The van der Waals surface area contributed by atoms with Gasteiger partial charge in [0.2, 0.25) is 0 Å². The average molecular weight is 467 g/mol. The highest BCUT2D eigenvalue weighted by Gasteiger charge is 2.23. The van der Waals surface area contributed by atoms with Gasteiger partial charge in [-0.1, -0.05) is 38.1 Å². The van der Waals surface area contributed by atoms with Crippen LogP contribution in [-0.2, 0) is 13.1 Å². The topological polar surface area (TPSA) is 45.5 Å². The number of benzene rings is 1. The second-order valence-electron chi connectivity index (χ2n) is 7.22. The highest BCUT2D eigenvalue weighted by atomic mass is 127. The Balaban J connectivity index is 0.00000243. The van der Waals surface area contributed by atoms with Gasteiger partial charge in [-0.25, -0.2) is 0 Å². The van der Waals surface area contributed by atoms with Gasteiger partial charge in [0.1, 0.15) is 0 Å². The minimum absolute atomic E-state index is 0. The van der Waals surface area contributed by atoms with Crippen LogP contribution in [0.5, 0.6) is 0 Å². The lowest BCUT2D eigenvalue weighted by atomic mass is 9.92. The third kappa shape index (κ3) is 5.46. The number of likely N-dealkylation sites (tertiary alicyclic amines) is 1. The molecule has 5 nitrogen and oxygen atoms in total. The highest BCUT2D eigenvalue weighted by molar-refractivity contribution is 14.0. The molecule has 0 spiro atoms. The van der Waals surface area contributed by atoms with Gasteiger partial charge in [-0.15, -0.1) is 24.0 Å². The normalized spacial score (nSPS) is 20.6. The number of rotatable bonds is 4. The summed E-state index contributed by atoms with van der Waals surface area (Å²) in [7, 11) is 1.88. The van der Waals surface area contributed by atoms with Crippen LogP contribution in [0.3, 0.4) is 0 Å². The molecule has 1 aliphatic heterocycles. The number of nitrogens with zero attached hydrogens (tertiary/aromatic N) is 4. The Morgan fingerprint density at radius 2 is 1.85 bits per heavy atom. The highest BCUT2D eigenvalue weighted by Crippen LogP contribution is 2.21. The Labute approximate surface area is 173 Å². The van der Waals surface area contributed by atoms with Crippen LogP contribution in [0.25, 0.3) is 0 Å². The van der Waals surface area contributed by atoms with Crippen LogP contribution < -0.4 is 5.32 Å². The van der Waals surface area contributed by atoms with E-state index in [1.807, 2.05) is 30.2 Å². The first-order valence-corrected chi connectivity index (χ1v) is 9.15. The zero-order valence-electron chi connectivity index (χ0n) is 15.9. The minimum Gasteiger partial charge on any atom is -0.352 e. The van der Waals surface area contributed by atoms with E-state index in [2.05, 4.69) is 58.4 Å². The molecule has 2 unspecified atom stereocenters. The summed E-state index contributed by atoms with van der Waals surface area (Å²) in [6.45, 7) is 8.40. The summed E-state index contributed by atoms with van der Waals surface area (Å²) >= 11 is 0. The van der Waals surface area contributed by atoms with Crippen molar-refractivity contribution in [3.8, 4) is 0 Å². The van der Waals surface area contributed by atoms with Crippen LogP contribution in [0, 0.1) is 11.8 Å². The molecule has 0 aliphatic carbocycles. The Hall–Kier alpha value is -1.57. The maximum Gasteiger partial charge on any atom is 0.193 e. The monoisotopic (exact) mass is 467 g/mol. The van der Waals surface area contributed by atoms with E-state index < -0.39 is 0 Å². The first-order chi connectivity index (χ1) is 12.2. The van der Waals surface area contributed by atoms with Crippen molar-refractivity contribution in [3.05, 3.63) is 53.9 Å². The first kappa shape index (κ1) is 20.7. The van der Waals surface area contributed by atoms with E-state index >= 15 is 0 Å². The van der Waals surface area contributed by atoms with Crippen LogP contribution in [0.4, 0.5) is 0 Å². The smallest absolute Gasteiger partial charge is 0.193 e. The molecular weight excluding hydrogens is 437 g/mol. The van der Waals surface area contributed by atoms with E-state index in [0.29, 0.717) is 0 Å². The molecule has 26 heavy (non-hydrogen) atoms.